The van der Waals surface area contributed by atoms with Crippen LogP contribution in [-0.4, -0.2) is 41.9 Å². The molecule has 3 amide bonds. The highest BCUT2D eigenvalue weighted by Crippen LogP contribution is 2.20. The summed E-state index contributed by atoms with van der Waals surface area (Å²) >= 11 is 0. The van der Waals surface area contributed by atoms with E-state index in [1.165, 1.54) is 6.07 Å². The van der Waals surface area contributed by atoms with Gasteiger partial charge in [-0.15, -0.1) is 0 Å². The molecule has 1 fully saturated rings. The van der Waals surface area contributed by atoms with Crippen LogP contribution in [0, 0.1) is 24.6 Å². The number of alkyl carbamates (subject to hydrolysis) is 1. The predicted molar refractivity (Wildman–Crippen MR) is 131 cm³/mol. The summed E-state index contributed by atoms with van der Waals surface area (Å²) < 4.78 is 19.0. The van der Waals surface area contributed by atoms with E-state index in [1.54, 1.807) is 24.0 Å². The first-order valence-electron chi connectivity index (χ1n) is 12.0. The van der Waals surface area contributed by atoms with Crippen LogP contribution in [-0.2, 0) is 27.5 Å². The molecule has 0 spiro atoms. The second-order valence-corrected chi connectivity index (χ2v) is 9.33. The Balaban J connectivity index is 1.46. The number of amides is 3. The fourth-order valence-corrected chi connectivity index (χ4v) is 4.04. The number of halogens is 1. The van der Waals surface area contributed by atoms with Gasteiger partial charge < -0.3 is 20.3 Å². The zero-order valence-electron chi connectivity index (χ0n) is 20.6. The van der Waals surface area contributed by atoms with Crippen LogP contribution in [0.1, 0.15) is 43.4 Å². The monoisotopic (exact) mass is 483 g/mol. The van der Waals surface area contributed by atoms with E-state index in [1.807, 2.05) is 44.2 Å². The predicted octanol–water partition coefficient (Wildman–Crippen LogP) is 3.94. The highest BCUT2D eigenvalue weighted by molar-refractivity contribution is 5.86. The Labute approximate surface area is 206 Å². The molecule has 8 heteroatoms. The molecule has 3 rings (SSSR count). The van der Waals surface area contributed by atoms with Crippen LogP contribution >= 0.6 is 0 Å². The maximum Gasteiger partial charge on any atom is 0.408 e. The standard InChI is InChI=1S/C27H34FN3O4/c1-18(2)24(30-27(34)35-17-20-7-5-4-6-8-20)26(33)31-13-11-22(12-14-31)25(32)29-16-21-10-9-19(3)23(28)15-21/h4-10,15,18,22,24H,11-14,16-17H2,1-3H3,(H,29,32)(H,30,34)/t24-/m0/s1. The van der Waals surface area contributed by atoms with Gasteiger partial charge in [0.15, 0.2) is 0 Å². The molecular weight excluding hydrogens is 449 g/mol. The largest absolute Gasteiger partial charge is 0.445 e. The van der Waals surface area contributed by atoms with Gasteiger partial charge in [-0.25, -0.2) is 9.18 Å². The summed E-state index contributed by atoms with van der Waals surface area (Å²) in [4.78, 5) is 39.7. The van der Waals surface area contributed by atoms with Crippen molar-refractivity contribution >= 4 is 17.9 Å². The summed E-state index contributed by atoms with van der Waals surface area (Å²) in [6.45, 7) is 6.68. The number of nitrogens with one attached hydrogen (secondary N) is 2. The Morgan fingerprint density at radius 2 is 1.74 bits per heavy atom. The van der Waals surface area contributed by atoms with Gasteiger partial charge in [0.1, 0.15) is 18.5 Å². The number of benzene rings is 2. The molecule has 2 N–H and O–H groups in total. The zero-order chi connectivity index (χ0) is 25.4. The molecular formula is C27H34FN3O4. The molecule has 1 aliphatic rings. The van der Waals surface area contributed by atoms with Crippen molar-refractivity contribution in [3.8, 4) is 0 Å². The van der Waals surface area contributed by atoms with E-state index < -0.39 is 12.1 Å². The fourth-order valence-electron chi connectivity index (χ4n) is 4.04. The Morgan fingerprint density at radius 1 is 1.06 bits per heavy atom. The first kappa shape index (κ1) is 26.2. The quantitative estimate of drug-likeness (QED) is 0.595. The van der Waals surface area contributed by atoms with Gasteiger partial charge in [0.25, 0.3) is 0 Å². The van der Waals surface area contributed by atoms with Crippen molar-refractivity contribution in [3.63, 3.8) is 0 Å². The summed E-state index contributed by atoms with van der Waals surface area (Å²) in [5.74, 6) is -0.897. The Kier molecular flexibility index (Phi) is 9.23. The molecule has 1 atom stereocenters. The molecule has 1 saturated heterocycles. The average molecular weight is 484 g/mol. The number of likely N-dealkylation sites (tertiary alicyclic amines) is 1. The van der Waals surface area contributed by atoms with E-state index in [9.17, 15) is 18.8 Å². The number of rotatable bonds is 8. The van der Waals surface area contributed by atoms with Crippen LogP contribution in [0.5, 0.6) is 0 Å². The molecule has 0 bridgehead atoms. The maximum atomic E-state index is 13.7. The lowest BCUT2D eigenvalue weighted by Crippen LogP contribution is -2.53. The van der Waals surface area contributed by atoms with Gasteiger partial charge in [-0.2, -0.15) is 0 Å². The number of carbonyl (C=O) groups is 3. The molecule has 2 aromatic rings. The normalized spacial score (nSPS) is 14.9. The first-order chi connectivity index (χ1) is 16.7. The molecule has 0 radical (unpaired) electrons. The second-order valence-electron chi connectivity index (χ2n) is 9.33. The van der Waals surface area contributed by atoms with Crippen molar-refractivity contribution in [1.29, 1.82) is 0 Å². The van der Waals surface area contributed by atoms with Gasteiger partial charge in [-0.1, -0.05) is 56.3 Å². The lowest BCUT2D eigenvalue weighted by atomic mass is 9.94. The van der Waals surface area contributed by atoms with E-state index in [0.717, 1.165) is 5.56 Å². The van der Waals surface area contributed by atoms with E-state index in [0.29, 0.717) is 37.1 Å². The molecule has 0 aliphatic carbocycles. The van der Waals surface area contributed by atoms with Crippen LogP contribution in [0.3, 0.4) is 0 Å². The van der Waals surface area contributed by atoms with Gasteiger partial charge in [-0.3, -0.25) is 9.59 Å². The molecule has 35 heavy (non-hydrogen) atoms. The minimum atomic E-state index is -0.708. The van der Waals surface area contributed by atoms with Gasteiger partial charge >= 0.3 is 6.09 Å². The highest BCUT2D eigenvalue weighted by Gasteiger charge is 2.33. The number of ether oxygens (including phenoxy) is 1. The van der Waals surface area contributed by atoms with E-state index >= 15 is 0 Å². The number of nitrogens with zero attached hydrogens (tertiary/aromatic N) is 1. The lowest BCUT2D eigenvalue weighted by molar-refractivity contribution is -0.138. The van der Waals surface area contributed by atoms with E-state index in [2.05, 4.69) is 10.6 Å². The second kappa shape index (κ2) is 12.3. The molecule has 1 heterocycles. The topological polar surface area (TPSA) is 87.7 Å². The van der Waals surface area contributed by atoms with Gasteiger partial charge in [-0.05, 0) is 48.4 Å². The Hall–Kier alpha value is -3.42. The third-order valence-electron chi connectivity index (χ3n) is 6.30. The van der Waals surface area contributed by atoms with Crippen LogP contribution in [0.4, 0.5) is 9.18 Å². The van der Waals surface area contributed by atoms with Crippen LogP contribution in [0.25, 0.3) is 0 Å². The zero-order valence-corrected chi connectivity index (χ0v) is 20.6. The highest BCUT2D eigenvalue weighted by atomic mass is 19.1. The fraction of sp³-hybridized carbons (Fsp3) is 0.444. The minimum Gasteiger partial charge on any atom is -0.445 e. The molecule has 7 nitrogen and oxygen atoms in total. The molecule has 188 valence electrons. The molecule has 2 aromatic carbocycles. The maximum absolute atomic E-state index is 13.7. The van der Waals surface area contributed by atoms with Gasteiger partial charge in [0, 0.05) is 25.6 Å². The lowest BCUT2D eigenvalue weighted by Gasteiger charge is -2.34. The summed E-state index contributed by atoms with van der Waals surface area (Å²) in [6.07, 6.45) is 0.425. The number of carbonyl (C=O) groups excluding carboxylic acids is 3. The number of aryl methyl sites for hydroxylation is 1. The van der Waals surface area contributed by atoms with Gasteiger partial charge in [0.2, 0.25) is 11.8 Å². The van der Waals surface area contributed by atoms with Crippen molar-refractivity contribution in [3.05, 3.63) is 71.0 Å². The molecule has 1 aliphatic heterocycles. The number of hydrogen-bond donors (Lipinski definition) is 2. The summed E-state index contributed by atoms with van der Waals surface area (Å²) in [7, 11) is 0. The van der Waals surface area contributed by atoms with Crippen LogP contribution in [0.2, 0.25) is 0 Å². The summed E-state index contributed by atoms with van der Waals surface area (Å²) in [5.41, 5.74) is 2.14. The van der Waals surface area contributed by atoms with E-state index in [-0.39, 0.29) is 42.6 Å². The Morgan fingerprint density at radius 3 is 2.37 bits per heavy atom. The third-order valence-corrected chi connectivity index (χ3v) is 6.30. The van der Waals surface area contributed by atoms with Crippen molar-refractivity contribution in [2.75, 3.05) is 13.1 Å². The van der Waals surface area contributed by atoms with E-state index in [4.69, 9.17) is 4.74 Å². The van der Waals surface area contributed by atoms with Crippen molar-refractivity contribution in [2.24, 2.45) is 11.8 Å². The van der Waals surface area contributed by atoms with Crippen LogP contribution in [0.15, 0.2) is 48.5 Å². The van der Waals surface area contributed by atoms with Crippen molar-refractivity contribution in [2.45, 2.75) is 52.8 Å². The van der Waals surface area contributed by atoms with Crippen molar-refractivity contribution < 1.29 is 23.5 Å². The minimum absolute atomic E-state index is 0.0962. The summed E-state index contributed by atoms with van der Waals surface area (Å²) in [5, 5.41) is 5.57. The SMILES string of the molecule is Cc1ccc(CNC(=O)C2CCN(C(=O)[C@@H](NC(=O)OCc3ccccc3)C(C)C)CC2)cc1F. The third kappa shape index (κ3) is 7.53. The number of hydrogen-bond acceptors (Lipinski definition) is 4. The molecule has 0 aromatic heterocycles. The van der Waals surface area contributed by atoms with Crippen molar-refractivity contribution in [1.82, 2.24) is 15.5 Å². The first-order valence-corrected chi connectivity index (χ1v) is 12.0. The Bertz CT molecular complexity index is 1020. The molecule has 0 unspecified atom stereocenters. The summed E-state index contributed by atoms with van der Waals surface area (Å²) in [6, 6.07) is 13.5. The average Bonchev–Trinajstić information content (AvgIpc) is 2.86. The number of piperidine rings is 1. The molecule has 0 saturated carbocycles. The van der Waals surface area contributed by atoms with Crippen LogP contribution < -0.4 is 10.6 Å². The smallest absolute Gasteiger partial charge is 0.408 e. The van der Waals surface area contributed by atoms with Gasteiger partial charge in [0.05, 0.1) is 0 Å².